The predicted octanol–water partition coefficient (Wildman–Crippen LogP) is 1.77. The zero-order valence-electron chi connectivity index (χ0n) is 11.4. The number of aromatic nitrogens is 2. The SMILES string of the molecule is O=[N+]([O-])c1ccc(N2CCN(Cc3cncs3)CC2)nc1. The van der Waals surface area contributed by atoms with Crippen molar-refractivity contribution in [2.24, 2.45) is 0 Å². The number of hydrogen-bond donors (Lipinski definition) is 0. The second-order valence-electron chi connectivity index (χ2n) is 4.86. The largest absolute Gasteiger partial charge is 0.354 e. The van der Waals surface area contributed by atoms with Gasteiger partial charge in [0, 0.05) is 49.9 Å². The van der Waals surface area contributed by atoms with Crippen molar-refractivity contribution in [1.82, 2.24) is 14.9 Å². The van der Waals surface area contributed by atoms with Gasteiger partial charge in [-0.2, -0.15) is 0 Å². The number of rotatable bonds is 4. The lowest BCUT2D eigenvalue weighted by molar-refractivity contribution is -0.385. The third kappa shape index (κ3) is 3.34. The molecule has 0 aliphatic carbocycles. The summed E-state index contributed by atoms with van der Waals surface area (Å²) >= 11 is 1.68. The molecule has 21 heavy (non-hydrogen) atoms. The van der Waals surface area contributed by atoms with Gasteiger partial charge in [0.15, 0.2) is 0 Å². The van der Waals surface area contributed by atoms with Crippen molar-refractivity contribution in [3.05, 3.63) is 45.0 Å². The molecule has 2 aromatic rings. The molecule has 2 aromatic heterocycles. The number of nitro groups is 1. The van der Waals surface area contributed by atoms with Crippen LogP contribution in [0.1, 0.15) is 4.88 Å². The maximum absolute atomic E-state index is 10.6. The number of piperazine rings is 1. The Hall–Kier alpha value is -2.06. The van der Waals surface area contributed by atoms with E-state index in [-0.39, 0.29) is 5.69 Å². The van der Waals surface area contributed by atoms with E-state index in [2.05, 4.69) is 19.8 Å². The Morgan fingerprint density at radius 3 is 2.62 bits per heavy atom. The maximum Gasteiger partial charge on any atom is 0.287 e. The van der Waals surface area contributed by atoms with E-state index >= 15 is 0 Å². The summed E-state index contributed by atoms with van der Waals surface area (Å²) in [6, 6.07) is 3.23. The van der Waals surface area contributed by atoms with Gasteiger partial charge in [0.2, 0.25) is 0 Å². The summed E-state index contributed by atoms with van der Waals surface area (Å²) in [7, 11) is 0. The molecular formula is C13H15N5O2S. The highest BCUT2D eigenvalue weighted by Gasteiger charge is 2.19. The first-order chi connectivity index (χ1) is 10.2. The molecule has 1 fully saturated rings. The Morgan fingerprint density at radius 1 is 1.24 bits per heavy atom. The van der Waals surface area contributed by atoms with Crippen LogP contribution < -0.4 is 4.90 Å². The molecule has 3 heterocycles. The lowest BCUT2D eigenvalue weighted by atomic mass is 10.3. The highest BCUT2D eigenvalue weighted by molar-refractivity contribution is 7.09. The van der Waals surface area contributed by atoms with E-state index in [9.17, 15) is 10.1 Å². The highest BCUT2D eigenvalue weighted by atomic mass is 32.1. The van der Waals surface area contributed by atoms with Gasteiger partial charge in [-0.15, -0.1) is 11.3 Å². The molecule has 0 aromatic carbocycles. The first-order valence-electron chi connectivity index (χ1n) is 6.67. The number of pyridine rings is 1. The van der Waals surface area contributed by atoms with Crippen LogP contribution in [0.25, 0.3) is 0 Å². The molecule has 7 nitrogen and oxygen atoms in total. The van der Waals surface area contributed by atoms with Gasteiger partial charge in [0.1, 0.15) is 12.0 Å². The van der Waals surface area contributed by atoms with Gasteiger partial charge in [-0.05, 0) is 6.07 Å². The number of hydrogen-bond acceptors (Lipinski definition) is 7. The summed E-state index contributed by atoms with van der Waals surface area (Å²) in [6.45, 7) is 4.60. The zero-order valence-corrected chi connectivity index (χ0v) is 12.2. The predicted molar refractivity (Wildman–Crippen MR) is 80.5 cm³/mol. The molecule has 0 amide bonds. The fourth-order valence-corrected chi connectivity index (χ4v) is 2.98. The Bertz CT molecular complexity index is 594. The normalized spacial score (nSPS) is 16.1. The molecule has 3 rings (SSSR count). The fraction of sp³-hybridized carbons (Fsp3) is 0.385. The Balaban J connectivity index is 1.56. The van der Waals surface area contributed by atoms with E-state index in [4.69, 9.17) is 0 Å². The van der Waals surface area contributed by atoms with Crippen LogP contribution in [0.4, 0.5) is 11.5 Å². The molecule has 1 saturated heterocycles. The molecule has 8 heteroatoms. The van der Waals surface area contributed by atoms with E-state index < -0.39 is 4.92 Å². The van der Waals surface area contributed by atoms with Gasteiger partial charge < -0.3 is 4.90 Å². The van der Waals surface area contributed by atoms with Crippen LogP contribution in [0, 0.1) is 10.1 Å². The van der Waals surface area contributed by atoms with Crippen LogP contribution in [0.15, 0.2) is 30.0 Å². The zero-order chi connectivity index (χ0) is 14.7. The molecule has 0 spiro atoms. The molecule has 0 saturated carbocycles. The van der Waals surface area contributed by atoms with Crippen LogP contribution in [0.2, 0.25) is 0 Å². The lowest BCUT2D eigenvalue weighted by Crippen LogP contribution is -2.46. The molecule has 0 unspecified atom stereocenters. The van der Waals surface area contributed by atoms with Crippen molar-refractivity contribution in [2.45, 2.75) is 6.54 Å². The summed E-state index contributed by atoms with van der Waals surface area (Å²) in [5.74, 6) is 0.804. The Morgan fingerprint density at radius 2 is 2.05 bits per heavy atom. The van der Waals surface area contributed by atoms with Gasteiger partial charge in [-0.3, -0.25) is 20.0 Å². The number of nitrogens with zero attached hydrogens (tertiary/aromatic N) is 5. The van der Waals surface area contributed by atoms with Crippen LogP contribution in [0.5, 0.6) is 0 Å². The van der Waals surface area contributed by atoms with E-state index in [1.807, 2.05) is 11.7 Å². The van der Waals surface area contributed by atoms with Crippen molar-refractivity contribution >= 4 is 22.8 Å². The number of thiazole rings is 1. The summed E-state index contributed by atoms with van der Waals surface area (Å²) in [5.41, 5.74) is 1.88. The van der Waals surface area contributed by atoms with Crippen LogP contribution in [-0.4, -0.2) is 46.0 Å². The van der Waals surface area contributed by atoms with Crippen molar-refractivity contribution in [3.8, 4) is 0 Å². The molecule has 0 bridgehead atoms. The lowest BCUT2D eigenvalue weighted by Gasteiger charge is -2.35. The van der Waals surface area contributed by atoms with Crippen LogP contribution in [0.3, 0.4) is 0 Å². The first kappa shape index (κ1) is 13.9. The molecule has 0 N–H and O–H groups in total. The minimum atomic E-state index is -0.427. The summed E-state index contributed by atoms with van der Waals surface area (Å²) in [4.78, 5) is 24.3. The maximum atomic E-state index is 10.6. The van der Waals surface area contributed by atoms with Crippen molar-refractivity contribution in [3.63, 3.8) is 0 Å². The summed E-state index contributed by atoms with van der Waals surface area (Å²) in [5, 5.41) is 10.6. The van der Waals surface area contributed by atoms with Gasteiger partial charge in [0.25, 0.3) is 5.69 Å². The Kier molecular flexibility index (Phi) is 4.07. The molecule has 1 aliphatic rings. The van der Waals surface area contributed by atoms with Gasteiger partial charge >= 0.3 is 0 Å². The highest BCUT2D eigenvalue weighted by Crippen LogP contribution is 2.18. The second kappa shape index (κ2) is 6.15. The summed E-state index contributed by atoms with van der Waals surface area (Å²) in [6.07, 6.45) is 3.23. The average molecular weight is 305 g/mol. The second-order valence-corrected chi connectivity index (χ2v) is 5.83. The molecule has 0 radical (unpaired) electrons. The van der Waals surface area contributed by atoms with E-state index in [0.717, 1.165) is 38.5 Å². The van der Waals surface area contributed by atoms with Gasteiger partial charge in [-0.1, -0.05) is 0 Å². The van der Waals surface area contributed by atoms with E-state index in [0.29, 0.717) is 0 Å². The monoisotopic (exact) mass is 305 g/mol. The van der Waals surface area contributed by atoms with E-state index in [1.54, 1.807) is 17.4 Å². The Labute approximate surface area is 126 Å². The average Bonchev–Trinajstić information content (AvgIpc) is 3.01. The van der Waals surface area contributed by atoms with E-state index in [1.165, 1.54) is 17.1 Å². The minimum Gasteiger partial charge on any atom is -0.354 e. The van der Waals surface area contributed by atoms with Crippen LogP contribution >= 0.6 is 11.3 Å². The molecule has 1 aliphatic heterocycles. The van der Waals surface area contributed by atoms with Gasteiger partial charge in [-0.25, -0.2) is 4.98 Å². The topological polar surface area (TPSA) is 75.4 Å². The number of anilines is 1. The van der Waals surface area contributed by atoms with Crippen molar-refractivity contribution in [2.75, 3.05) is 31.1 Å². The van der Waals surface area contributed by atoms with Gasteiger partial charge in [0.05, 0.1) is 10.4 Å². The third-order valence-corrected chi connectivity index (χ3v) is 4.27. The van der Waals surface area contributed by atoms with Crippen molar-refractivity contribution in [1.29, 1.82) is 0 Å². The fourth-order valence-electron chi connectivity index (χ4n) is 2.35. The minimum absolute atomic E-state index is 0.0302. The molecule has 0 atom stereocenters. The first-order valence-corrected chi connectivity index (χ1v) is 7.55. The summed E-state index contributed by atoms with van der Waals surface area (Å²) < 4.78 is 0. The third-order valence-electron chi connectivity index (χ3n) is 3.50. The van der Waals surface area contributed by atoms with Crippen LogP contribution in [-0.2, 0) is 6.54 Å². The molecule has 110 valence electrons. The smallest absolute Gasteiger partial charge is 0.287 e. The molecular weight excluding hydrogens is 290 g/mol. The quantitative estimate of drug-likeness (QED) is 0.633. The van der Waals surface area contributed by atoms with Crippen molar-refractivity contribution < 1.29 is 4.92 Å². The standard InChI is InChI=1S/C13H15N5O2S/c19-18(20)11-1-2-13(15-7-11)17-5-3-16(4-6-17)9-12-8-14-10-21-12/h1-2,7-8,10H,3-6,9H2.